The van der Waals surface area contributed by atoms with Crippen molar-refractivity contribution in [2.45, 2.75) is 33.1 Å². The molecule has 116 valence electrons. The van der Waals surface area contributed by atoms with Crippen LogP contribution < -0.4 is 16.4 Å². The molecule has 0 atom stereocenters. The molecule has 1 aliphatic rings. The number of nitrogen functional groups attached to an aromatic ring is 1. The minimum atomic E-state index is 0.0601. The van der Waals surface area contributed by atoms with Crippen LogP contribution in [0.15, 0.2) is 12.1 Å². The first-order valence-electron chi connectivity index (χ1n) is 7.60. The lowest BCUT2D eigenvalue weighted by atomic mass is 10.0. The molecule has 0 bridgehead atoms. The van der Waals surface area contributed by atoms with Crippen LogP contribution in [0.1, 0.15) is 32.3 Å². The molecule has 0 aromatic heterocycles. The third-order valence-corrected chi connectivity index (χ3v) is 3.40. The molecule has 0 unspecified atom stereocenters. The van der Waals surface area contributed by atoms with E-state index in [1.54, 1.807) is 0 Å². The van der Waals surface area contributed by atoms with Crippen molar-refractivity contribution in [2.24, 2.45) is 5.92 Å². The van der Waals surface area contributed by atoms with Gasteiger partial charge in [0.15, 0.2) is 0 Å². The number of aryl methyl sites for hydroxylation is 1. The summed E-state index contributed by atoms with van der Waals surface area (Å²) in [6.07, 6.45) is 2.26. The van der Waals surface area contributed by atoms with Crippen molar-refractivity contribution in [1.82, 2.24) is 0 Å². The average molecular weight is 291 g/mol. The van der Waals surface area contributed by atoms with E-state index in [9.17, 15) is 4.79 Å². The Morgan fingerprint density at radius 1 is 1.38 bits per heavy atom. The highest BCUT2D eigenvalue weighted by Gasteiger charge is 2.16. The first-order chi connectivity index (χ1) is 10.1. The summed E-state index contributed by atoms with van der Waals surface area (Å²) in [5.74, 6) is 0.634. The summed E-state index contributed by atoms with van der Waals surface area (Å²) in [5, 5.41) is 6.20. The standard InChI is InChI=1S/C16H25N3O2/c1-11(2)10-21-7-3-6-18-15-8-12-4-5-16(20)19-14(12)9-13(15)17/h8-9,11,18H,3-7,10,17H2,1-2H3,(H,19,20). The van der Waals surface area contributed by atoms with Crippen molar-refractivity contribution in [3.63, 3.8) is 0 Å². The zero-order valence-corrected chi connectivity index (χ0v) is 12.9. The number of amides is 1. The summed E-state index contributed by atoms with van der Waals surface area (Å²) in [7, 11) is 0. The fourth-order valence-electron chi connectivity index (χ4n) is 2.31. The van der Waals surface area contributed by atoms with E-state index in [-0.39, 0.29) is 5.91 Å². The lowest BCUT2D eigenvalue weighted by Gasteiger charge is -2.19. The van der Waals surface area contributed by atoms with E-state index in [2.05, 4.69) is 24.5 Å². The van der Waals surface area contributed by atoms with E-state index < -0.39 is 0 Å². The van der Waals surface area contributed by atoms with Crippen molar-refractivity contribution in [1.29, 1.82) is 0 Å². The van der Waals surface area contributed by atoms with Crippen LogP contribution in [0.4, 0.5) is 17.1 Å². The Morgan fingerprint density at radius 3 is 2.95 bits per heavy atom. The second-order valence-corrected chi connectivity index (χ2v) is 5.89. The lowest BCUT2D eigenvalue weighted by Crippen LogP contribution is -2.19. The van der Waals surface area contributed by atoms with E-state index in [1.165, 1.54) is 0 Å². The van der Waals surface area contributed by atoms with E-state index in [1.807, 2.05) is 12.1 Å². The number of hydrogen-bond acceptors (Lipinski definition) is 4. The number of rotatable bonds is 7. The molecule has 0 saturated heterocycles. The Hall–Kier alpha value is -1.75. The predicted octanol–water partition coefficient (Wildman–Crippen LogP) is 2.63. The largest absolute Gasteiger partial charge is 0.397 e. The Balaban J connectivity index is 1.82. The van der Waals surface area contributed by atoms with Crippen molar-refractivity contribution in [3.05, 3.63) is 17.7 Å². The molecule has 0 fully saturated rings. The molecular formula is C16H25N3O2. The minimum absolute atomic E-state index is 0.0601. The number of ether oxygens (including phenoxy) is 1. The number of carbonyl (C=O) groups is 1. The topological polar surface area (TPSA) is 76.4 Å². The summed E-state index contributed by atoms with van der Waals surface area (Å²) in [4.78, 5) is 11.4. The zero-order valence-electron chi connectivity index (χ0n) is 12.9. The molecule has 0 aliphatic carbocycles. The average Bonchev–Trinajstić information content (AvgIpc) is 2.42. The van der Waals surface area contributed by atoms with Crippen molar-refractivity contribution in [2.75, 3.05) is 36.1 Å². The summed E-state index contributed by atoms with van der Waals surface area (Å²) in [6.45, 7) is 6.68. The van der Waals surface area contributed by atoms with E-state index in [0.717, 1.165) is 49.5 Å². The normalized spacial score (nSPS) is 14.0. The maximum absolute atomic E-state index is 11.4. The molecule has 1 aromatic rings. The number of fused-ring (bicyclic) bond motifs is 1. The third kappa shape index (κ3) is 4.63. The Morgan fingerprint density at radius 2 is 2.19 bits per heavy atom. The molecule has 5 heteroatoms. The van der Waals surface area contributed by atoms with Crippen LogP contribution in [0.25, 0.3) is 0 Å². The van der Waals surface area contributed by atoms with Crippen LogP contribution in [0.2, 0.25) is 0 Å². The molecule has 1 heterocycles. The summed E-state index contributed by atoms with van der Waals surface area (Å²) >= 11 is 0. The van der Waals surface area contributed by atoms with Gasteiger partial charge in [-0.1, -0.05) is 13.8 Å². The molecule has 2 rings (SSSR count). The Kier molecular flexibility index (Phi) is 5.44. The first kappa shape index (κ1) is 15.6. The van der Waals surface area contributed by atoms with Crippen molar-refractivity contribution < 1.29 is 9.53 Å². The number of carbonyl (C=O) groups excluding carboxylic acids is 1. The minimum Gasteiger partial charge on any atom is -0.397 e. The maximum Gasteiger partial charge on any atom is 0.224 e. The first-order valence-corrected chi connectivity index (χ1v) is 7.60. The molecule has 1 amide bonds. The van der Waals surface area contributed by atoms with Gasteiger partial charge in [0.05, 0.1) is 11.4 Å². The van der Waals surface area contributed by atoms with Gasteiger partial charge in [-0.15, -0.1) is 0 Å². The molecule has 0 spiro atoms. The number of nitrogens with two attached hydrogens (primary N) is 1. The molecule has 21 heavy (non-hydrogen) atoms. The molecule has 0 saturated carbocycles. The van der Waals surface area contributed by atoms with Crippen LogP contribution in [0.5, 0.6) is 0 Å². The van der Waals surface area contributed by atoms with Crippen molar-refractivity contribution >= 4 is 23.0 Å². The fraction of sp³-hybridized carbons (Fsp3) is 0.562. The lowest BCUT2D eigenvalue weighted by molar-refractivity contribution is -0.116. The molecular weight excluding hydrogens is 266 g/mol. The monoisotopic (exact) mass is 291 g/mol. The number of hydrogen-bond donors (Lipinski definition) is 3. The van der Waals surface area contributed by atoms with E-state index in [0.29, 0.717) is 18.0 Å². The zero-order chi connectivity index (χ0) is 15.2. The summed E-state index contributed by atoms with van der Waals surface area (Å²) in [5.41, 5.74) is 9.61. The van der Waals surface area contributed by atoms with E-state index >= 15 is 0 Å². The van der Waals surface area contributed by atoms with Gasteiger partial charge in [-0.05, 0) is 36.5 Å². The second kappa shape index (κ2) is 7.31. The van der Waals surface area contributed by atoms with Gasteiger partial charge in [-0.25, -0.2) is 0 Å². The maximum atomic E-state index is 11.4. The van der Waals surface area contributed by atoms with Gasteiger partial charge in [-0.2, -0.15) is 0 Å². The van der Waals surface area contributed by atoms with E-state index in [4.69, 9.17) is 10.5 Å². The van der Waals surface area contributed by atoms with Crippen LogP contribution in [-0.4, -0.2) is 25.7 Å². The molecule has 0 radical (unpaired) electrons. The molecule has 1 aromatic carbocycles. The Labute approximate surface area is 126 Å². The van der Waals surface area contributed by atoms with Crippen LogP contribution in [0.3, 0.4) is 0 Å². The smallest absolute Gasteiger partial charge is 0.224 e. The second-order valence-electron chi connectivity index (χ2n) is 5.89. The van der Waals surface area contributed by atoms with Gasteiger partial charge in [0.1, 0.15) is 0 Å². The predicted molar refractivity (Wildman–Crippen MR) is 86.6 cm³/mol. The Bertz CT molecular complexity index is 501. The summed E-state index contributed by atoms with van der Waals surface area (Å²) in [6, 6.07) is 3.88. The van der Waals surface area contributed by atoms with Crippen molar-refractivity contribution in [3.8, 4) is 0 Å². The number of benzene rings is 1. The van der Waals surface area contributed by atoms with Crippen LogP contribution in [0, 0.1) is 5.92 Å². The quantitative estimate of drug-likeness (QED) is 0.533. The van der Waals surface area contributed by atoms with Gasteiger partial charge in [0, 0.05) is 31.9 Å². The van der Waals surface area contributed by atoms with Gasteiger partial charge in [-0.3, -0.25) is 4.79 Å². The van der Waals surface area contributed by atoms with Gasteiger partial charge >= 0.3 is 0 Å². The van der Waals surface area contributed by atoms with Crippen LogP contribution >= 0.6 is 0 Å². The highest BCUT2D eigenvalue weighted by molar-refractivity contribution is 5.95. The molecule has 5 nitrogen and oxygen atoms in total. The van der Waals surface area contributed by atoms with Gasteiger partial charge < -0.3 is 21.1 Å². The third-order valence-electron chi connectivity index (χ3n) is 3.40. The number of anilines is 3. The highest BCUT2D eigenvalue weighted by atomic mass is 16.5. The van der Waals surface area contributed by atoms with Gasteiger partial charge in [0.2, 0.25) is 5.91 Å². The summed E-state index contributed by atoms with van der Waals surface area (Å²) < 4.78 is 5.55. The highest BCUT2D eigenvalue weighted by Crippen LogP contribution is 2.30. The molecule has 4 N–H and O–H groups in total. The van der Waals surface area contributed by atoms with Gasteiger partial charge in [0.25, 0.3) is 0 Å². The number of nitrogens with one attached hydrogen (secondary N) is 2. The SMILES string of the molecule is CC(C)COCCCNc1cc2c(cc1N)NC(=O)CC2. The molecule has 1 aliphatic heterocycles. The fourth-order valence-corrected chi connectivity index (χ4v) is 2.31. The van der Waals surface area contributed by atoms with Crippen LogP contribution in [-0.2, 0) is 16.0 Å².